The number of aromatic nitrogens is 1. The lowest BCUT2D eigenvalue weighted by Gasteiger charge is -2.05. The van der Waals surface area contributed by atoms with Crippen LogP contribution in [0.5, 0.6) is 0 Å². The van der Waals surface area contributed by atoms with E-state index in [1.165, 1.54) is 10.3 Å². The smallest absolute Gasteiger partial charge is 0.0713 e. The SMILES string of the molecule is CC(C)Sc1ccc2cccnc2c1. The summed E-state index contributed by atoms with van der Waals surface area (Å²) in [5.74, 6) is 0. The Labute approximate surface area is 88.6 Å². The van der Waals surface area contributed by atoms with Crippen molar-refractivity contribution in [3.8, 4) is 0 Å². The average molecular weight is 203 g/mol. The van der Waals surface area contributed by atoms with Gasteiger partial charge < -0.3 is 0 Å². The van der Waals surface area contributed by atoms with Gasteiger partial charge in [-0.25, -0.2) is 0 Å². The fourth-order valence-corrected chi connectivity index (χ4v) is 2.26. The van der Waals surface area contributed by atoms with Crippen LogP contribution < -0.4 is 0 Å². The van der Waals surface area contributed by atoms with E-state index in [1.807, 2.05) is 24.0 Å². The van der Waals surface area contributed by atoms with E-state index in [4.69, 9.17) is 0 Å². The summed E-state index contributed by atoms with van der Waals surface area (Å²) in [6.45, 7) is 4.40. The van der Waals surface area contributed by atoms with Crippen LogP contribution in [0, 0.1) is 0 Å². The molecule has 0 bridgehead atoms. The van der Waals surface area contributed by atoms with Crippen molar-refractivity contribution in [2.75, 3.05) is 0 Å². The zero-order chi connectivity index (χ0) is 9.97. The van der Waals surface area contributed by atoms with Crippen LogP contribution in [0.4, 0.5) is 0 Å². The number of benzene rings is 1. The quantitative estimate of drug-likeness (QED) is 0.690. The molecule has 0 spiro atoms. The molecule has 1 nitrogen and oxygen atoms in total. The van der Waals surface area contributed by atoms with Gasteiger partial charge in [0.2, 0.25) is 0 Å². The Morgan fingerprint density at radius 3 is 2.86 bits per heavy atom. The van der Waals surface area contributed by atoms with Crippen LogP contribution >= 0.6 is 11.8 Å². The first-order valence-electron chi connectivity index (χ1n) is 4.77. The third-order valence-corrected chi connectivity index (χ3v) is 2.95. The van der Waals surface area contributed by atoms with Crippen molar-refractivity contribution in [3.05, 3.63) is 36.5 Å². The van der Waals surface area contributed by atoms with Gasteiger partial charge in [0.25, 0.3) is 0 Å². The molecule has 0 N–H and O–H groups in total. The van der Waals surface area contributed by atoms with Crippen molar-refractivity contribution in [1.29, 1.82) is 0 Å². The first-order chi connectivity index (χ1) is 6.75. The molecule has 0 atom stereocenters. The molecule has 0 fully saturated rings. The number of pyridine rings is 1. The minimum absolute atomic E-state index is 0.621. The topological polar surface area (TPSA) is 12.9 Å². The fourth-order valence-electron chi connectivity index (χ4n) is 1.39. The van der Waals surface area contributed by atoms with Crippen LogP contribution in [0.15, 0.2) is 41.4 Å². The molecule has 0 aliphatic heterocycles. The second-order valence-corrected chi connectivity index (χ2v) is 5.17. The minimum Gasteiger partial charge on any atom is -0.256 e. The molecule has 2 heteroatoms. The van der Waals surface area contributed by atoms with Crippen molar-refractivity contribution in [2.24, 2.45) is 0 Å². The highest BCUT2D eigenvalue weighted by Gasteiger charge is 1.99. The molecule has 0 aliphatic carbocycles. The summed E-state index contributed by atoms with van der Waals surface area (Å²) in [7, 11) is 0. The van der Waals surface area contributed by atoms with E-state index in [9.17, 15) is 0 Å². The van der Waals surface area contributed by atoms with Gasteiger partial charge in [0, 0.05) is 21.7 Å². The monoisotopic (exact) mass is 203 g/mol. The summed E-state index contributed by atoms with van der Waals surface area (Å²) in [5, 5.41) is 1.83. The first-order valence-corrected chi connectivity index (χ1v) is 5.65. The normalized spacial score (nSPS) is 11.1. The molecule has 0 saturated carbocycles. The van der Waals surface area contributed by atoms with Crippen molar-refractivity contribution < 1.29 is 0 Å². The lowest BCUT2D eigenvalue weighted by molar-refractivity contribution is 1.11. The van der Waals surface area contributed by atoms with E-state index in [0.29, 0.717) is 5.25 Å². The van der Waals surface area contributed by atoms with Gasteiger partial charge in [-0.05, 0) is 18.2 Å². The minimum atomic E-state index is 0.621. The Kier molecular flexibility index (Phi) is 2.73. The Morgan fingerprint density at radius 2 is 2.07 bits per heavy atom. The number of nitrogens with zero attached hydrogens (tertiary/aromatic N) is 1. The zero-order valence-electron chi connectivity index (χ0n) is 8.40. The predicted octanol–water partition coefficient (Wildman–Crippen LogP) is 3.74. The Hall–Kier alpha value is -1.02. The highest BCUT2D eigenvalue weighted by Crippen LogP contribution is 2.25. The molecule has 72 valence electrons. The summed E-state index contributed by atoms with van der Waals surface area (Å²) in [5.41, 5.74) is 1.08. The van der Waals surface area contributed by atoms with Crippen LogP contribution in [-0.2, 0) is 0 Å². The Bertz CT molecular complexity index is 437. The summed E-state index contributed by atoms with van der Waals surface area (Å²) in [6.07, 6.45) is 1.84. The summed E-state index contributed by atoms with van der Waals surface area (Å²) in [4.78, 5) is 5.63. The molecular weight excluding hydrogens is 190 g/mol. The second-order valence-electron chi connectivity index (χ2n) is 3.52. The van der Waals surface area contributed by atoms with Crippen LogP contribution in [0.3, 0.4) is 0 Å². The van der Waals surface area contributed by atoms with Gasteiger partial charge in [-0.1, -0.05) is 26.0 Å². The summed E-state index contributed by atoms with van der Waals surface area (Å²) >= 11 is 1.87. The van der Waals surface area contributed by atoms with Gasteiger partial charge in [-0.15, -0.1) is 11.8 Å². The maximum Gasteiger partial charge on any atom is 0.0713 e. The van der Waals surface area contributed by atoms with Crippen LogP contribution in [0.25, 0.3) is 10.9 Å². The maximum absolute atomic E-state index is 4.34. The largest absolute Gasteiger partial charge is 0.256 e. The van der Waals surface area contributed by atoms with Gasteiger partial charge >= 0.3 is 0 Å². The number of rotatable bonds is 2. The molecule has 0 aliphatic rings. The molecule has 0 unspecified atom stereocenters. The van der Waals surface area contributed by atoms with Gasteiger partial charge in [-0.2, -0.15) is 0 Å². The summed E-state index contributed by atoms with van der Waals surface area (Å²) < 4.78 is 0. The highest BCUT2D eigenvalue weighted by atomic mass is 32.2. The lowest BCUT2D eigenvalue weighted by atomic mass is 10.2. The molecule has 0 saturated heterocycles. The van der Waals surface area contributed by atoms with E-state index < -0.39 is 0 Å². The van der Waals surface area contributed by atoms with Crippen molar-refractivity contribution >= 4 is 22.7 Å². The van der Waals surface area contributed by atoms with Gasteiger partial charge in [0.1, 0.15) is 0 Å². The molecule has 0 amide bonds. The van der Waals surface area contributed by atoms with Gasteiger partial charge in [0.05, 0.1) is 5.52 Å². The molecular formula is C12H13NS. The molecule has 2 aromatic rings. The van der Waals surface area contributed by atoms with E-state index >= 15 is 0 Å². The van der Waals surface area contributed by atoms with Crippen LogP contribution in [0.1, 0.15) is 13.8 Å². The van der Waals surface area contributed by atoms with Crippen LogP contribution in [-0.4, -0.2) is 10.2 Å². The van der Waals surface area contributed by atoms with Crippen molar-refractivity contribution in [2.45, 2.75) is 24.0 Å². The number of hydrogen-bond donors (Lipinski definition) is 0. The predicted molar refractivity (Wildman–Crippen MR) is 62.7 cm³/mol. The summed E-state index contributed by atoms with van der Waals surface area (Å²) in [6, 6.07) is 10.5. The second kappa shape index (κ2) is 4.01. The van der Waals surface area contributed by atoms with Crippen molar-refractivity contribution in [1.82, 2.24) is 4.98 Å². The van der Waals surface area contributed by atoms with Crippen molar-refractivity contribution in [3.63, 3.8) is 0 Å². The number of hydrogen-bond acceptors (Lipinski definition) is 2. The van der Waals surface area contributed by atoms with Crippen LogP contribution in [0.2, 0.25) is 0 Å². The third-order valence-electron chi connectivity index (χ3n) is 1.95. The number of thioether (sulfide) groups is 1. The first kappa shape index (κ1) is 9.53. The molecule has 2 rings (SSSR count). The van der Waals surface area contributed by atoms with E-state index in [1.54, 1.807) is 0 Å². The molecule has 1 aromatic carbocycles. The van der Waals surface area contributed by atoms with E-state index in [0.717, 1.165) is 5.52 Å². The highest BCUT2D eigenvalue weighted by molar-refractivity contribution is 7.99. The average Bonchev–Trinajstić information content (AvgIpc) is 2.17. The van der Waals surface area contributed by atoms with E-state index in [2.05, 4.69) is 43.1 Å². The standard InChI is InChI=1S/C12H13NS/c1-9(2)14-11-6-5-10-4-3-7-13-12(10)8-11/h3-9H,1-2H3. The Balaban J connectivity index is 2.41. The Morgan fingerprint density at radius 1 is 1.21 bits per heavy atom. The lowest BCUT2D eigenvalue weighted by Crippen LogP contribution is -1.86. The fraction of sp³-hybridized carbons (Fsp3) is 0.250. The molecule has 14 heavy (non-hydrogen) atoms. The molecule has 1 aromatic heterocycles. The van der Waals surface area contributed by atoms with Gasteiger partial charge in [0.15, 0.2) is 0 Å². The third kappa shape index (κ3) is 2.07. The zero-order valence-corrected chi connectivity index (χ0v) is 9.21. The van der Waals surface area contributed by atoms with Gasteiger partial charge in [-0.3, -0.25) is 4.98 Å². The number of fused-ring (bicyclic) bond motifs is 1. The van der Waals surface area contributed by atoms with E-state index in [-0.39, 0.29) is 0 Å². The molecule has 0 radical (unpaired) electrons. The maximum atomic E-state index is 4.34. The molecule has 1 heterocycles.